The largest absolute Gasteiger partial charge is 0.459 e. The number of ether oxygens (including phenoxy) is 2. The molecule has 6 aromatic rings. The minimum absolute atomic E-state index is 0.391. The molecule has 0 aliphatic heterocycles. The van der Waals surface area contributed by atoms with E-state index in [-0.39, 0.29) is 0 Å². The van der Waals surface area contributed by atoms with Crippen LogP contribution in [0.1, 0.15) is 41.0 Å². The van der Waals surface area contributed by atoms with E-state index in [9.17, 15) is 9.59 Å². The van der Waals surface area contributed by atoms with E-state index in [0.29, 0.717) is 17.5 Å². The molecular formula is C35H28O4. The van der Waals surface area contributed by atoms with E-state index < -0.39 is 24.1 Å². The maximum absolute atomic E-state index is 12.9. The zero-order chi connectivity index (χ0) is 26.9. The zero-order valence-electron chi connectivity index (χ0n) is 21.9. The van der Waals surface area contributed by atoms with Gasteiger partial charge in [0.2, 0.25) is 0 Å². The maximum Gasteiger partial charge on any atom is 0.338 e. The van der Waals surface area contributed by atoms with E-state index in [1.165, 1.54) is 0 Å². The number of carbonyl (C=O) groups excluding carboxylic acids is 2. The SMILES string of the molecule is C[C@@H](C[C@H](C)OC(=O)c1ccc2cc3ccccc3cc2c1)OC(=O)c1ccc2cc3ccccc3cc2c1. The third-order valence-electron chi connectivity index (χ3n) is 7.16. The highest BCUT2D eigenvalue weighted by Crippen LogP contribution is 2.26. The Bertz CT molecular complexity index is 1730. The van der Waals surface area contributed by atoms with Gasteiger partial charge in [0.25, 0.3) is 0 Å². The molecule has 0 aromatic heterocycles. The predicted molar refractivity (Wildman–Crippen MR) is 157 cm³/mol. The molecule has 0 saturated heterocycles. The van der Waals surface area contributed by atoms with Crippen LogP contribution >= 0.6 is 0 Å². The second-order valence-corrected chi connectivity index (χ2v) is 10.2. The third kappa shape index (κ3) is 5.19. The van der Waals surface area contributed by atoms with Crippen molar-refractivity contribution in [2.75, 3.05) is 0 Å². The van der Waals surface area contributed by atoms with Crippen LogP contribution in [0.4, 0.5) is 0 Å². The second kappa shape index (κ2) is 10.2. The Morgan fingerprint density at radius 3 is 1.21 bits per heavy atom. The van der Waals surface area contributed by atoms with Crippen molar-refractivity contribution >= 4 is 55.0 Å². The molecule has 0 fully saturated rings. The summed E-state index contributed by atoms with van der Waals surface area (Å²) in [5, 5.41) is 8.69. The Balaban J connectivity index is 1.09. The van der Waals surface area contributed by atoms with Gasteiger partial charge in [0.1, 0.15) is 12.2 Å². The van der Waals surface area contributed by atoms with Crippen molar-refractivity contribution in [1.29, 1.82) is 0 Å². The quantitative estimate of drug-likeness (QED) is 0.166. The molecule has 6 aromatic carbocycles. The first-order valence-electron chi connectivity index (χ1n) is 13.2. The summed E-state index contributed by atoms with van der Waals surface area (Å²) in [7, 11) is 0. The van der Waals surface area contributed by atoms with Gasteiger partial charge in [-0.25, -0.2) is 9.59 Å². The Kier molecular flexibility index (Phi) is 6.45. The van der Waals surface area contributed by atoms with E-state index in [4.69, 9.17) is 9.47 Å². The molecule has 0 unspecified atom stereocenters. The Morgan fingerprint density at radius 1 is 0.487 bits per heavy atom. The normalized spacial score (nSPS) is 13.0. The monoisotopic (exact) mass is 512 g/mol. The number of esters is 2. The van der Waals surface area contributed by atoms with Crippen LogP contribution in [0.2, 0.25) is 0 Å². The summed E-state index contributed by atoms with van der Waals surface area (Å²) in [6.07, 6.45) is -0.445. The average molecular weight is 513 g/mol. The number of carbonyl (C=O) groups is 2. The van der Waals surface area contributed by atoms with Crippen LogP contribution < -0.4 is 0 Å². The van der Waals surface area contributed by atoms with Gasteiger partial charge < -0.3 is 9.47 Å². The smallest absolute Gasteiger partial charge is 0.338 e. The van der Waals surface area contributed by atoms with Crippen LogP contribution in [0.5, 0.6) is 0 Å². The van der Waals surface area contributed by atoms with Crippen molar-refractivity contribution in [1.82, 2.24) is 0 Å². The summed E-state index contributed by atoms with van der Waals surface area (Å²) in [5.41, 5.74) is 0.996. The molecule has 6 rings (SSSR count). The molecule has 192 valence electrons. The summed E-state index contributed by atoms with van der Waals surface area (Å²) < 4.78 is 11.4. The summed E-state index contributed by atoms with van der Waals surface area (Å²) in [6, 6.07) is 35.9. The Labute approximate surface area is 226 Å². The number of hydrogen-bond donors (Lipinski definition) is 0. The average Bonchev–Trinajstić information content (AvgIpc) is 2.94. The molecule has 0 spiro atoms. The number of benzene rings is 6. The summed E-state index contributed by atoms with van der Waals surface area (Å²) in [5.74, 6) is -0.782. The molecule has 39 heavy (non-hydrogen) atoms. The first-order valence-corrected chi connectivity index (χ1v) is 13.2. The molecular weight excluding hydrogens is 484 g/mol. The molecule has 0 N–H and O–H groups in total. The van der Waals surface area contributed by atoms with Crippen molar-refractivity contribution in [2.45, 2.75) is 32.5 Å². The van der Waals surface area contributed by atoms with Crippen LogP contribution in [0.15, 0.2) is 109 Å². The highest BCUT2D eigenvalue weighted by molar-refractivity contribution is 6.03. The van der Waals surface area contributed by atoms with E-state index in [0.717, 1.165) is 43.1 Å². The lowest BCUT2D eigenvalue weighted by atomic mass is 10.0. The first kappa shape index (κ1) is 24.6. The van der Waals surface area contributed by atoms with Gasteiger partial charge in [-0.1, -0.05) is 60.7 Å². The highest BCUT2D eigenvalue weighted by atomic mass is 16.6. The van der Waals surface area contributed by atoms with E-state index in [1.54, 1.807) is 12.1 Å². The summed E-state index contributed by atoms with van der Waals surface area (Å²) in [4.78, 5) is 25.8. The van der Waals surface area contributed by atoms with Gasteiger partial charge in [0.05, 0.1) is 11.1 Å². The van der Waals surface area contributed by atoms with Gasteiger partial charge in [-0.15, -0.1) is 0 Å². The fourth-order valence-corrected chi connectivity index (χ4v) is 5.20. The lowest BCUT2D eigenvalue weighted by Gasteiger charge is -2.19. The molecule has 0 aliphatic carbocycles. The minimum Gasteiger partial charge on any atom is -0.459 e. The van der Waals surface area contributed by atoms with Crippen LogP contribution in [-0.4, -0.2) is 24.1 Å². The van der Waals surface area contributed by atoms with Crippen molar-refractivity contribution in [3.63, 3.8) is 0 Å². The standard InChI is InChI=1S/C35H28O4/c1-22(38-34(36)30-13-11-28-16-24-7-3-5-9-26(24)18-32(28)20-30)15-23(2)39-35(37)31-14-12-29-17-25-8-4-6-10-27(25)19-33(29)21-31/h3-14,16-23H,15H2,1-2H3/t22-,23-/m0/s1. The fourth-order valence-electron chi connectivity index (χ4n) is 5.20. The fraction of sp³-hybridized carbons (Fsp3) is 0.143. The number of rotatable bonds is 6. The van der Waals surface area contributed by atoms with Gasteiger partial charge in [-0.05, 0) is 105 Å². The molecule has 0 aliphatic rings. The second-order valence-electron chi connectivity index (χ2n) is 10.2. The molecule has 2 atom stereocenters. The van der Waals surface area contributed by atoms with Crippen molar-refractivity contribution < 1.29 is 19.1 Å². The van der Waals surface area contributed by atoms with E-state index in [1.807, 2.05) is 62.4 Å². The molecule has 0 bridgehead atoms. The van der Waals surface area contributed by atoms with Crippen molar-refractivity contribution in [3.05, 3.63) is 120 Å². The molecule has 0 radical (unpaired) electrons. The lowest BCUT2D eigenvalue weighted by molar-refractivity contribution is 0.00765. The van der Waals surface area contributed by atoms with Crippen molar-refractivity contribution in [3.8, 4) is 0 Å². The van der Waals surface area contributed by atoms with Gasteiger partial charge in [-0.3, -0.25) is 0 Å². The zero-order valence-corrected chi connectivity index (χ0v) is 21.9. The lowest BCUT2D eigenvalue weighted by Crippen LogP contribution is -2.23. The van der Waals surface area contributed by atoms with Crippen molar-refractivity contribution in [2.24, 2.45) is 0 Å². The van der Waals surface area contributed by atoms with Gasteiger partial charge in [-0.2, -0.15) is 0 Å². The van der Waals surface area contributed by atoms with Crippen LogP contribution in [0, 0.1) is 0 Å². The number of fused-ring (bicyclic) bond motifs is 4. The minimum atomic E-state index is -0.421. The molecule has 0 heterocycles. The topological polar surface area (TPSA) is 52.6 Å². The van der Waals surface area contributed by atoms with Gasteiger partial charge in [0, 0.05) is 6.42 Å². The molecule has 4 heteroatoms. The van der Waals surface area contributed by atoms with E-state index >= 15 is 0 Å². The highest BCUT2D eigenvalue weighted by Gasteiger charge is 2.19. The molecule has 0 amide bonds. The van der Waals surface area contributed by atoms with Gasteiger partial charge in [0.15, 0.2) is 0 Å². The van der Waals surface area contributed by atoms with E-state index in [2.05, 4.69) is 48.5 Å². The maximum atomic E-state index is 12.9. The van der Waals surface area contributed by atoms with Crippen LogP contribution in [-0.2, 0) is 9.47 Å². The number of hydrogen-bond acceptors (Lipinski definition) is 4. The van der Waals surface area contributed by atoms with Gasteiger partial charge >= 0.3 is 11.9 Å². The Morgan fingerprint density at radius 2 is 0.821 bits per heavy atom. The van der Waals surface area contributed by atoms with Crippen LogP contribution in [0.25, 0.3) is 43.1 Å². The Hall–Kier alpha value is -4.70. The predicted octanol–water partition coefficient (Wildman–Crippen LogP) is 8.48. The molecule has 0 saturated carbocycles. The summed E-state index contributed by atoms with van der Waals surface area (Å²) in [6.45, 7) is 3.63. The summed E-state index contributed by atoms with van der Waals surface area (Å²) >= 11 is 0. The van der Waals surface area contributed by atoms with Crippen LogP contribution in [0.3, 0.4) is 0 Å². The molecule has 4 nitrogen and oxygen atoms in total. The first-order chi connectivity index (χ1) is 18.9. The third-order valence-corrected chi connectivity index (χ3v) is 7.16.